The summed E-state index contributed by atoms with van der Waals surface area (Å²) in [5.41, 5.74) is 1.31. The van der Waals surface area contributed by atoms with E-state index in [-0.39, 0.29) is 0 Å². The Morgan fingerprint density at radius 1 is 0.826 bits per heavy atom. The number of alkyl halides is 3. The molecule has 0 atom stereocenters. The van der Waals surface area contributed by atoms with Crippen LogP contribution in [0.3, 0.4) is 0 Å². The average Bonchev–Trinajstić information content (AvgIpc) is 2.51. The van der Waals surface area contributed by atoms with Gasteiger partial charge in [0, 0.05) is 25.3 Å². The zero-order chi connectivity index (χ0) is 16.9. The van der Waals surface area contributed by atoms with E-state index in [1.54, 1.807) is 12.1 Å². The molecule has 0 unspecified atom stereocenters. The highest BCUT2D eigenvalue weighted by Gasteiger charge is 2.30. The minimum atomic E-state index is -4.30. The van der Waals surface area contributed by atoms with Crippen LogP contribution in [0.4, 0.5) is 18.9 Å². The van der Waals surface area contributed by atoms with Crippen molar-refractivity contribution in [3.63, 3.8) is 0 Å². The minimum absolute atomic E-state index is 0.617. The van der Waals surface area contributed by atoms with E-state index in [1.165, 1.54) is 0 Å². The maximum Gasteiger partial charge on any atom is 0.416 e. The summed E-state index contributed by atoms with van der Waals surface area (Å²) in [5.74, 6) is 0. The zero-order valence-corrected chi connectivity index (χ0v) is 13.3. The summed E-state index contributed by atoms with van der Waals surface area (Å²) >= 11 is 0. The summed E-state index contributed by atoms with van der Waals surface area (Å²) in [4.78, 5) is 4.15. The third kappa shape index (κ3) is 5.28. The van der Waals surface area contributed by atoms with Crippen molar-refractivity contribution in [1.82, 2.24) is 4.90 Å². The summed E-state index contributed by atoms with van der Waals surface area (Å²) < 4.78 is 38.1. The molecule has 0 aliphatic carbocycles. The number of hydrogen-bond donors (Lipinski definition) is 0. The number of likely N-dealkylation sites (N-methyl/N-ethyl adjacent to an activating group) is 1. The van der Waals surface area contributed by atoms with E-state index >= 15 is 0 Å². The number of hydrogen-bond acceptors (Lipinski definition) is 2. The van der Waals surface area contributed by atoms with Gasteiger partial charge in [0.2, 0.25) is 0 Å². The van der Waals surface area contributed by atoms with Crippen molar-refractivity contribution in [2.75, 3.05) is 32.1 Å². The lowest BCUT2D eigenvalue weighted by Gasteiger charge is -2.27. The summed E-state index contributed by atoms with van der Waals surface area (Å²) in [6.45, 7) is 2.24. The number of rotatable bonds is 6. The molecule has 0 radical (unpaired) electrons. The van der Waals surface area contributed by atoms with Gasteiger partial charge < -0.3 is 9.80 Å². The smallest absolute Gasteiger partial charge is 0.366 e. The molecule has 0 N–H and O–H groups in total. The fourth-order valence-electron chi connectivity index (χ4n) is 2.29. The molecular formula is C18H21F3N2. The maximum atomic E-state index is 12.7. The van der Waals surface area contributed by atoms with Crippen LogP contribution in [-0.4, -0.2) is 32.1 Å². The van der Waals surface area contributed by atoms with E-state index in [9.17, 15) is 13.2 Å². The van der Waals surface area contributed by atoms with Crippen LogP contribution >= 0.6 is 0 Å². The van der Waals surface area contributed by atoms with Gasteiger partial charge in [-0.25, -0.2) is 0 Å². The van der Waals surface area contributed by atoms with Gasteiger partial charge in [0.05, 0.1) is 5.56 Å². The predicted molar refractivity (Wildman–Crippen MR) is 87.5 cm³/mol. The monoisotopic (exact) mass is 322 g/mol. The first-order valence-corrected chi connectivity index (χ1v) is 7.47. The topological polar surface area (TPSA) is 6.48 Å². The Hall–Kier alpha value is -2.01. The third-order valence-corrected chi connectivity index (χ3v) is 3.59. The molecule has 0 aliphatic rings. The lowest BCUT2D eigenvalue weighted by atomic mass is 10.1. The Bertz CT molecular complexity index is 592. The molecule has 2 aromatic carbocycles. The van der Waals surface area contributed by atoms with Crippen molar-refractivity contribution in [2.24, 2.45) is 0 Å². The molecule has 2 rings (SSSR count). The molecule has 124 valence electrons. The fourth-order valence-corrected chi connectivity index (χ4v) is 2.29. The molecule has 0 fully saturated rings. The first-order chi connectivity index (χ1) is 10.9. The van der Waals surface area contributed by atoms with Crippen molar-refractivity contribution in [1.29, 1.82) is 0 Å². The standard InChI is InChI=1S/C18H21F3N2/c1-22(2)12-13-23(14-15-6-4-3-5-7-15)17-10-8-16(9-11-17)18(19,20)21/h3-11H,12-14H2,1-2H3. The van der Waals surface area contributed by atoms with Gasteiger partial charge in [-0.15, -0.1) is 0 Å². The lowest BCUT2D eigenvalue weighted by Crippen LogP contribution is -2.31. The highest BCUT2D eigenvalue weighted by atomic mass is 19.4. The van der Waals surface area contributed by atoms with Crippen LogP contribution in [0.25, 0.3) is 0 Å². The SMILES string of the molecule is CN(C)CCN(Cc1ccccc1)c1ccc(C(F)(F)F)cc1. The molecule has 5 heteroatoms. The Morgan fingerprint density at radius 3 is 1.96 bits per heavy atom. The van der Waals surface area contributed by atoms with Crippen LogP contribution in [0.5, 0.6) is 0 Å². The molecule has 23 heavy (non-hydrogen) atoms. The molecule has 0 saturated carbocycles. The molecule has 0 bridgehead atoms. The van der Waals surface area contributed by atoms with Crippen molar-refractivity contribution in [2.45, 2.75) is 12.7 Å². The van der Waals surface area contributed by atoms with Crippen molar-refractivity contribution in [3.8, 4) is 0 Å². The quantitative estimate of drug-likeness (QED) is 0.783. The lowest BCUT2D eigenvalue weighted by molar-refractivity contribution is -0.137. The Balaban J connectivity index is 2.18. The fraction of sp³-hybridized carbons (Fsp3) is 0.333. The van der Waals surface area contributed by atoms with Crippen LogP contribution in [0.1, 0.15) is 11.1 Å². The molecule has 0 heterocycles. The van der Waals surface area contributed by atoms with Gasteiger partial charge in [0.25, 0.3) is 0 Å². The number of nitrogens with zero attached hydrogens (tertiary/aromatic N) is 2. The van der Waals surface area contributed by atoms with E-state index in [1.807, 2.05) is 44.4 Å². The van der Waals surface area contributed by atoms with E-state index in [4.69, 9.17) is 0 Å². The van der Waals surface area contributed by atoms with Gasteiger partial charge >= 0.3 is 6.18 Å². The summed E-state index contributed by atoms with van der Waals surface area (Å²) in [7, 11) is 3.96. The van der Waals surface area contributed by atoms with E-state index in [0.29, 0.717) is 6.54 Å². The first kappa shape index (κ1) is 17.3. The van der Waals surface area contributed by atoms with Crippen LogP contribution in [0.2, 0.25) is 0 Å². The maximum absolute atomic E-state index is 12.7. The molecule has 0 aromatic heterocycles. The van der Waals surface area contributed by atoms with Crippen LogP contribution < -0.4 is 4.90 Å². The summed E-state index contributed by atoms with van der Waals surface area (Å²) in [6, 6.07) is 15.3. The Kier molecular flexibility index (Phi) is 5.66. The van der Waals surface area contributed by atoms with Crippen molar-refractivity contribution < 1.29 is 13.2 Å². The molecule has 0 aliphatic heterocycles. The first-order valence-electron chi connectivity index (χ1n) is 7.47. The second kappa shape index (κ2) is 7.51. The molecule has 0 saturated heterocycles. The highest BCUT2D eigenvalue weighted by molar-refractivity contribution is 5.48. The Labute approximate surface area is 135 Å². The Morgan fingerprint density at radius 2 is 1.43 bits per heavy atom. The number of anilines is 1. The molecular weight excluding hydrogens is 301 g/mol. The average molecular weight is 322 g/mol. The van der Waals surface area contributed by atoms with Crippen LogP contribution in [0, 0.1) is 0 Å². The zero-order valence-electron chi connectivity index (χ0n) is 13.3. The normalized spacial score (nSPS) is 11.7. The van der Waals surface area contributed by atoms with E-state index < -0.39 is 11.7 Å². The van der Waals surface area contributed by atoms with Gasteiger partial charge in [0.1, 0.15) is 0 Å². The molecule has 2 nitrogen and oxygen atoms in total. The molecule has 0 amide bonds. The summed E-state index contributed by atoms with van der Waals surface area (Å²) in [6.07, 6.45) is -4.30. The third-order valence-electron chi connectivity index (χ3n) is 3.59. The van der Waals surface area contributed by atoms with Gasteiger partial charge in [-0.05, 0) is 43.9 Å². The number of benzene rings is 2. The second-order valence-electron chi connectivity index (χ2n) is 5.76. The van der Waals surface area contributed by atoms with Gasteiger partial charge in [0.15, 0.2) is 0 Å². The van der Waals surface area contributed by atoms with Crippen LogP contribution in [0.15, 0.2) is 54.6 Å². The largest absolute Gasteiger partial charge is 0.416 e. The van der Waals surface area contributed by atoms with E-state index in [2.05, 4.69) is 9.80 Å². The molecule has 0 spiro atoms. The second-order valence-corrected chi connectivity index (χ2v) is 5.76. The van der Waals surface area contributed by atoms with Crippen LogP contribution in [-0.2, 0) is 12.7 Å². The summed E-state index contributed by atoms with van der Waals surface area (Å²) in [5, 5.41) is 0. The van der Waals surface area contributed by atoms with Gasteiger partial charge in [-0.2, -0.15) is 13.2 Å². The van der Waals surface area contributed by atoms with Gasteiger partial charge in [-0.3, -0.25) is 0 Å². The van der Waals surface area contributed by atoms with E-state index in [0.717, 1.165) is 36.5 Å². The highest BCUT2D eigenvalue weighted by Crippen LogP contribution is 2.30. The number of halogens is 3. The molecule has 2 aromatic rings. The van der Waals surface area contributed by atoms with Crippen molar-refractivity contribution >= 4 is 5.69 Å². The minimum Gasteiger partial charge on any atom is -0.366 e. The van der Waals surface area contributed by atoms with Crippen molar-refractivity contribution in [3.05, 3.63) is 65.7 Å². The van der Waals surface area contributed by atoms with Gasteiger partial charge in [-0.1, -0.05) is 30.3 Å². The predicted octanol–water partition coefficient (Wildman–Crippen LogP) is 4.27.